The normalized spacial score (nSPS) is 4.50. The highest BCUT2D eigenvalue weighted by molar-refractivity contribution is 5.64. The summed E-state index contributed by atoms with van der Waals surface area (Å²) in [5.41, 5.74) is 0. The lowest BCUT2D eigenvalue weighted by molar-refractivity contribution is -0.302. The number of allylic oxidation sites excluding steroid dienone is 1. The summed E-state index contributed by atoms with van der Waals surface area (Å²) >= 11 is 0. The minimum Gasteiger partial charge on any atom is -0.550 e. The summed E-state index contributed by atoms with van der Waals surface area (Å²) in [5, 5.41) is 8.89. The number of hydrogen-bond donors (Lipinski definition) is 0. The quantitative estimate of drug-likeness (QED) is 0.290. The Morgan fingerprint density at radius 3 is 1.70 bits per heavy atom. The Labute approximate surface area is 60.7 Å². The molecule has 0 bridgehead atoms. The van der Waals surface area contributed by atoms with Gasteiger partial charge < -0.3 is 9.90 Å². The molecule has 3 heteroatoms. The highest BCUT2D eigenvalue weighted by Gasteiger charge is 1.59. The molecule has 0 N–H and O–H groups in total. The van der Waals surface area contributed by atoms with Crippen LogP contribution in [0.25, 0.3) is 0 Å². The van der Waals surface area contributed by atoms with Gasteiger partial charge in [0.05, 0.1) is 0 Å². The van der Waals surface area contributed by atoms with Crippen molar-refractivity contribution in [2.24, 2.45) is 0 Å². The summed E-state index contributed by atoms with van der Waals surface area (Å²) in [6.45, 7) is 10.0. The number of carboxylic acid groups (broad SMARTS) is 1. The lowest BCUT2D eigenvalue weighted by Crippen LogP contribution is -2.16. The van der Waals surface area contributed by atoms with Gasteiger partial charge in [0, 0.05) is 12.5 Å². The fourth-order valence-electron chi connectivity index (χ4n) is 0. The Balaban J connectivity index is -0.0000000787. The molecule has 0 aliphatic heterocycles. The Hall–Kier alpha value is -1.47. The van der Waals surface area contributed by atoms with Crippen molar-refractivity contribution in [1.29, 1.82) is 0 Å². The third-order valence-electron chi connectivity index (χ3n) is 0.0833. The van der Waals surface area contributed by atoms with Gasteiger partial charge in [-0.2, -0.15) is 0 Å². The molecule has 0 saturated heterocycles. The molecule has 0 radical (unpaired) electrons. The second-order valence-corrected chi connectivity index (χ2v) is 0.814. The molecule has 0 fully saturated rings. The monoisotopic (exact) mass is 142 g/mol. The van der Waals surface area contributed by atoms with Crippen molar-refractivity contribution in [3.63, 3.8) is 0 Å². The molecule has 0 aromatic heterocycles. The van der Waals surface area contributed by atoms with E-state index in [-0.39, 0.29) is 0 Å². The molecular weight excluding hydrogens is 132 g/mol. The van der Waals surface area contributed by atoms with Gasteiger partial charge in [-0.1, -0.05) is 4.79 Å². The van der Waals surface area contributed by atoms with Crippen molar-refractivity contribution in [1.82, 2.24) is 0 Å². The summed E-state index contributed by atoms with van der Waals surface area (Å²) in [5.74, 6) is -1.08. The molecule has 0 aromatic carbocycles. The molecule has 0 saturated carbocycles. The van der Waals surface area contributed by atoms with Crippen LogP contribution in [-0.2, 0) is 9.59 Å². The molecule has 56 valence electrons. The minimum absolute atomic E-state index is 0.972. The maximum Gasteiger partial charge on any atom is 0.355 e. The second-order valence-electron chi connectivity index (χ2n) is 0.814. The van der Waals surface area contributed by atoms with Crippen LogP contribution in [0.15, 0.2) is 25.8 Å². The van der Waals surface area contributed by atoms with Crippen molar-refractivity contribution in [2.45, 2.75) is 6.92 Å². The fourth-order valence-corrected chi connectivity index (χ4v) is 0. The fraction of sp³-hybridized carbons (Fsp3) is 0.143. The highest BCUT2D eigenvalue weighted by atomic mass is 16.4. The van der Waals surface area contributed by atoms with Gasteiger partial charge in [0.25, 0.3) is 0 Å². The average Bonchev–Trinajstić information content (AvgIpc) is 1.91. The number of carboxylic acids is 1. The van der Waals surface area contributed by atoms with Gasteiger partial charge >= 0.3 is 6.29 Å². The lowest BCUT2D eigenvalue weighted by atomic mass is 10.8. The van der Waals surface area contributed by atoms with E-state index in [2.05, 4.69) is 19.7 Å². The van der Waals surface area contributed by atoms with Crippen LogP contribution in [0, 0.1) is 0 Å². The zero-order chi connectivity index (χ0) is 8.99. The van der Waals surface area contributed by atoms with E-state index in [1.165, 1.54) is 6.29 Å². The SMILES string of the molecule is C=C.C=C[C+]=O.CC(=O)[O-]. The van der Waals surface area contributed by atoms with Gasteiger partial charge in [0.1, 0.15) is 0 Å². The zero-order valence-electron chi connectivity index (χ0n) is 5.92. The van der Waals surface area contributed by atoms with E-state index < -0.39 is 5.97 Å². The number of rotatable bonds is 1. The van der Waals surface area contributed by atoms with Crippen LogP contribution in [0.5, 0.6) is 0 Å². The van der Waals surface area contributed by atoms with Gasteiger partial charge in [-0.25, -0.2) is 0 Å². The summed E-state index contributed by atoms with van der Waals surface area (Å²) in [6, 6.07) is 0. The maximum atomic E-state index is 8.93. The van der Waals surface area contributed by atoms with E-state index in [4.69, 9.17) is 14.7 Å². The van der Waals surface area contributed by atoms with E-state index in [9.17, 15) is 0 Å². The number of aliphatic carboxylic acids is 1. The van der Waals surface area contributed by atoms with Crippen LogP contribution >= 0.6 is 0 Å². The Morgan fingerprint density at radius 2 is 1.70 bits per heavy atom. The van der Waals surface area contributed by atoms with E-state index in [0.717, 1.165) is 13.0 Å². The third kappa shape index (κ3) is 904. The highest BCUT2D eigenvalue weighted by Crippen LogP contribution is 1.35. The largest absolute Gasteiger partial charge is 0.550 e. The van der Waals surface area contributed by atoms with Crippen LogP contribution in [-0.4, -0.2) is 12.3 Å². The molecule has 0 aliphatic rings. The van der Waals surface area contributed by atoms with Crippen LogP contribution in [0.4, 0.5) is 0 Å². The first-order chi connectivity index (χ1) is 4.65. The first-order valence-electron chi connectivity index (χ1n) is 2.31. The van der Waals surface area contributed by atoms with E-state index in [1.807, 2.05) is 0 Å². The van der Waals surface area contributed by atoms with Gasteiger partial charge in [0.15, 0.2) is 6.08 Å². The predicted molar refractivity (Wildman–Crippen MR) is 37.8 cm³/mol. The summed E-state index contributed by atoms with van der Waals surface area (Å²) in [4.78, 5) is 17.8. The Bertz CT molecular complexity index is 87.0. The number of hydrogen-bond acceptors (Lipinski definition) is 3. The minimum atomic E-state index is -1.08. The van der Waals surface area contributed by atoms with Gasteiger partial charge in [0.2, 0.25) is 0 Å². The Morgan fingerprint density at radius 1 is 1.60 bits per heavy atom. The smallest absolute Gasteiger partial charge is 0.355 e. The average molecular weight is 142 g/mol. The van der Waals surface area contributed by atoms with Crippen molar-refractivity contribution >= 4 is 12.3 Å². The Kier molecular flexibility index (Phi) is 40.8. The molecule has 0 unspecified atom stereocenters. The summed E-state index contributed by atoms with van der Waals surface area (Å²) in [6.07, 6.45) is 2.51. The van der Waals surface area contributed by atoms with E-state index >= 15 is 0 Å². The second kappa shape index (κ2) is 25.8. The van der Waals surface area contributed by atoms with Gasteiger partial charge in [-0.3, -0.25) is 0 Å². The van der Waals surface area contributed by atoms with Crippen molar-refractivity contribution in [3.8, 4) is 0 Å². The summed E-state index contributed by atoms with van der Waals surface area (Å²) < 4.78 is 0. The molecule has 0 rings (SSSR count). The van der Waals surface area contributed by atoms with E-state index in [1.54, 1.807) is 0 Å². The molecule has 0 spiro atoms. The lowest BCUT2D eigenvalue weighted by Gasteiger charge is -1.77. The first-order valence-corrected chi connectivity index (χ1v) is 2.31. The first kappa shape index (κ1) is 15.8. The van der Waals surface area contributed by atoms with Crippen LogP contribution in [0.1, 0.15) is 6.92 Å². The number of carbonyl (C=O) groups is 1. The molecule has 10 heavy (non-hydrogen) atoms. The third-order valence-corrected chi connectivity index (χ3v) is 0.0833. The molecule has 3 nitrogen and oxygen atoms in total. The van der Waals surface area contributed by atoms with Crippen LogP contribution in [0.3, 0.4) is 0 Å². The molecule has 0 heterocycles. The van der Waals surface area contributed by atoms with E-state index in [0.29, 0.717) is 0 Å². The van der Waals surface area contributed by atoms with Crippen LogP contribution < -0.4 is 5.11 Å². The molecule has 0 aromatic rings. The van der Waals surface area contributed by atoms with Crippen molar-refractivity contribution in [2.75, 3.05) is 0 Å². The maximum absolute atomic E-state index is 8.93. The van der Waals surface area contributed by atoms with Gasteiger partial charge in [-0.05, 0) is 6.92 Å². The zero-order valence-corrected chi connectivity index (χ0v) is 5.92. The topological polar surface area (TPSA) is 57.2 Å². The molecule has 0 aliphatic carbocycles. The summed E-state index contributed by atoms with van der Waals surface area (Å²) in [7, 11) is 0. The van der Waals surface area contributed by atoms with Crippen molar-refractivity contribution < 1.29 is 14.7 Å². The molecule has 0 amide bonds. The molecule has 0 atom stereocenters. The predicted octanol–water partition coefficient (Wildman–Crippen LogP) is -0.160. The van der Waals surface area contributed by atoms with Crippen LogP contribution in [0.2, 0.25) is 0 Å². The van der Waals surface area contributed by atoms with Crippen molar-refractivity contribution in [3.05, 3.63) is 25.8 Å². The van der Waals surface area contributed by atoms with Gasteiger partial charge in [-0.15, -0.1) is 13.2 Å². The number of carbonyl (C=O) groups excluding carboxylic acids is 2. The molecular formula is C7H10O3. The standard InChI is InChI=1S/C3H3O.C2H4O2.C2H4/c1-2-3-4;1-2(3)4;1-2/h2H,1H2;1H3,(H,3,4);1-2H2/q+1;;/p-1.